The average Bonchev–Trinajstić information content (AvgIpc) is 3.44. The summed E-state index contributed by atoms with van der Waals surface area (Å²) in [6, 6.07) is 11.2. The fourth-order valence-corrected chi connectivity index (χ4v) is 4.68. The van der Waals surface area contributed by atoms with Crippen LogP contribution in [0.2, 0.25) is 0 Å². The van der Waals surface area contributed by atoms with Crippen LogP contribution < -0.4 is 16.0 Å². The summed E-state index contributed by atoms with van der Waals surface area (Å²) in [5.74, 6) is 1.34. The second-order valence-corrected chi connectivity index (χ2v) is 8.75. The number of methoxy groups -OCH3 is 1. The molecule has 1 aliphatic heterocycles. The second kappa shape index (κ2) is 7.00. The maximum absolute atomic E-state index is 13.5. The molecule has 8 nitrogen and oxygen atoms in total. The predicted octanol–water partition coefficient (Wildman–Crippen LogP) is 3.16. The zero-order valence-corrected chi connectivity index (χ0v) is 18.7. The number of hydrogen-bond donors (Lipinski definition) is 0. The van der Waals surface area contributed by atoms with Crippen LogP contribution in [-0.4, -0.2) is 27.4 Å². The predicted molar refractivity (Wildman–Crippen MR) is 120 cm³/mol. The maximum atomic E-state index is 13.5. The van der Waals surface area contributed by atoms with Gasteiger partial charge in [0.05, 0.1) is 47.8 Å². The van der Waals surface area contributed by atoms with Gasteiger partial charge in [0, 0.05) is 14.1 Å². The molecule has 1 aromatic carbocycles. The Kier molecular flexibility index (Phi) is 4.46. The number of hydrogen-bond acceptors (Lipinski definition) is 5. The van der Waals surface area contributed by atoms with E-state index in [4.69, 9.17) is 13.9 Å². The molecule has 0 N–H and O–H groups in total. The van der Waals surface area contributed by atoms with Crippen LogP contribution in [0.5, 0.6) is 5.75 Å². The molecule has 0 spiro atoms. The first-order valence-corrected chi connectivity index (χ1v) is 10.4. The first kappa shape index (κ1) is 20.4. The lowest BCUT2D eigenvalue weighted by atomic mass is 10.0. The number of nitrogens with zero attached hydrogens (tertiary/aromatic N) is 3. The molecule has 166 valence electrons. The van der Waals surface area contributed by atoms with Gasteiger partial charge in [0.1, 0.15) is 11.5 Å². The van der Waals surface area contributed by atoms with Crippen molar-refractivity contribution in [2.75, 3.05) is 13.7 Å². The van der Waals surface area contributed by atoms with Crippen LogP contribution in [0, 0.1) is 0 Å². The van der Waals surface area contributed by atoms with Gasteiger partial charge in [0.15, 0.2) is 6.10 Å². The fourth-order valence-electron chi connectivity index (χ4n) is 4.68. The third kappa shape index (κ3) is 2.72. The van der Waals surface area contributed by atoms with Gasteiger partial charge in [0.25, 0.3) is 5.56 Å². The van der Waals surface area contributed by atoms with E-state index in [0.29, 0.717) is 23.3 Å². The van der Waals surface area contributed by atoms with Crippen LogP contribution in [-0.2, 0) is 24.4 Å². The van der Waals surface area contributed by atoms with Gasteiger partial charge in [-0.3, -0.25) is 13.9 Å². The van der Waals surface area contributed by atoms with E-state index in [1.807, 2.05) is 30.3 Å². The summed E-state index contributed by atoms with van der Waals surface area (Å²) in [6.45, 7) is 4.52. The standard InChI is InChI=1S/C24H25N3O5/c1-24(2)13-32-21(16-7-6-12-31-16)20-19-17(22(28)26(4)23(29)25(19)3)18(27(20)24)14-8-10-15(30-5)11-9-14/h6-12,21H,13H2,1-5H3/t21-/m1/s1. The van der Waals surface area contributed by atoms with Crippen LogP contribution in [0.1, 0.15) is 31.4 Å². The van der Waals surface area contributed by atoms with Gasteiger partial charge in [-0.1, -0.05) is 0 Å². The summed E-state index contributed by atoms with van der Waals surface area (Å²) in [7, 11) is 4.80. The van der Waals surface area contributed by atoms with E-state index in [1.54, 1.807) is 26.5 Å². The van der Waals surface area contributed by atoms with Crippen LogP contribution in [0.4, 0.5) is 0 Å². The minimum Gasteiger partial charge on any atom is -0.497 e. The summed E-state index contributed by atoms with van der Waals surface area (Å²) in [6.07, 6.45) is 1.04. The Bertz CT molecular complexity index is 1440. The quantitative estimate of drug-likeness (QED) is 0.494. The van der Waals surface area contributed by atoms with Crippen molar-refractivity contribution in [3.8, 4) is 17.0 Å². The molecule has 0 fully saturated rings. The molecule has 3 aromatic heterocycles. The third-order valence-electron chi connectivity index (χ3n) is 6.23. The minimum atomic E-state index is -0.551. The molecule has 4 aromatic rings. The SMILES string of the molecule is COc1ccc(-c2c3c(=O)n(C)c(=O)n(C)c3c3n2C(C)(C)CO[C@@H]3c2ccco2)cc1. The van der Waals surface area contributed by atoms with Crippen LogP contribution in [0.25, 0.3) is 22.2 Å². The summed E-state index contributed by atoms with van der Waals surface area (Å²) < 4.78 is 22.1. The zero-order chi connectivity index (χ0) is 22.8. The van der Waals surface area contributed by atoms with Crippen molar-refractivity contribution in [2.45, 2.75) is 25.5 Å². The summed E-state index contributed by atoms with van der Waals surface area (Å²) in [4.78, 5) is 26.4. The molecular weight excluding hydrogens is 410 g/mol. The molecule has 0 aliphatic carbocycles. The van der Waals surface area contributed by atoms with Crippen molar-refractivity contribution >= 4 is 10.9 Å². The van der Waals surface area contributed by atoms with E-state index < -0.39 is 17.3 Å². The lowest BCUT2D eigenvalue weighted by Gasteiger charge is -2.38. The van der Waals surface area contributed by atoms with Crippen molar-refractivity contribution in [3.63, 3.8) is 0 Å². The van der Waals surface area contributed by atoms with Gasteiger partial charge in [-0.25, -0.2) is 4.79 Å². The van der Waals surface area contributed by atoms with E-state index in [1.165, 1.54) is 11.6 Å². The van der Waals surface area contributed by atoms with Gasteiger partial charge in [-0.05, 0) is 55.8 Å². The first-order valence-electron chi connectivity index (χ1n) is 10.4. The topological polar surface area (TPSA) is 80.5 Å². The Morgan fingerprint density at radius 1 is 1.06 bits per heavy atom. The maximum Gasteiger partial charge on any atom is 0.331 e. The van der Waals surface area contributed by atoms with Crippen molar-refractivity contribution in [1.29, 1.82) is 0 Å². The van der Waals surface area contributed by atoms with E-state index in [2.05, 4.69) is 18.4 Å². The van der Waals surface area contributed by atoms with Gasteiger partial charge in [0.2, 0.25) is 0 Å². The largest absolute Gasteiger partial charge is 0.497 e. The summed E-state index contributed by atoms with van der Waals surface area (Å²) in [5, 5.41) is 0.477. The van der Waals surface area contributed by atoms with Gasteiger partial charge >= 0.3 is 5.69 Å². The highest BCUT2D eigenvalue weighted by Gasteiger charge is 2.41. The lowest BCUT2D eigenvalue weighted by molar-refractivity contribution is -0.0164. The number of aryl methyl sites for hydroxylation is 1. The lowest BCUT2D eigenvalue weighted by Crippen LogP contribution is -2.40. The minimum absolute atomic E-state index is 0.343. The molecule has 0 amide bonds. The number of rotatable bonds is 3. The van der Waals surface area contributed by atoms with E-state index in [0.717, 1.165) is 27.3 Å². The van der Waals surface area contributed by atoms with Crippen molar-refractivity contribution < 1.29 is 13.9 Å². The van der Waals surface area contributed by atoms with E-state index in [9.17, 15) is 9.59 Å². The summed E-state index contributed by atoms with van der Waals surface area (Å²) in [5.41, 5.74) is 1.67. The van der Waals surface area contributed by atoms with Crippen LogP contribution in [0.15, 0.2) is 56.7 Å². The van der Waals surface area contributed by atoms with Crippen molar-refractivity contribution in [3.05, 3.63) is 75.0 Å². The molecule has 1 atom stereocenters. The van der Waals surface area contributed by atoms with Gasteiger partial charge in [-0.15, -0.1) is 0 Å². The molecule has 0 radical (unpaired) electrons. The number of ether oxygens (including phenoxy) is 2. The third-order valence-corrected chi connectivity index (χ3v) is 6.23. The zero-order valence-electron chi connectivity index (χ0n) is 18.7. The Labute approximate surface area is 184 Å². The Balaban J connectivity index is 2.00. The highest BCUT2D eigenvalue weighted by molar-refractivity contribution is 5.96. The average molecular weight is 435 g/mol. The molecule has 4 heterocycles. The number of furan rings is 1. The Hall–Kier alpha value is -3.52. The van der Waals surface area contributed by atoms with Crippen LogP contribution in [0.3, 0.4) is 0 Å². The molecular formula is C24H25N3O5. The highest BCUT2D eigenvalue weighted by Crippen LogP contribution is 2.45. The number of aromatic nitrogens is 3. The van der Waals surface area contributed by atoms with Gasteiger partial charge < -0.3 is 18.5 Å². The monoisotopic (exact) mass is 435 g/mol. The molecule has 0 bridgehead atoms. The van der Waals surface area contributed by atoms with Crippen molar-refractivity contribution in [2.24, 2.45) is 14.1 Å². The van der Waals surface area contributed by atoms with E-state index >= 15 is 0 Å². The molecule has 0 saturated heterocycles. The van der Waals surface area contributed by atoms with E-state index in [-0.39, 0.29) is 5.56 Å². The second-order valence-electron chi connectivity index (χ2n) is 8.75. The molecule has 0 saturated carbocycles. The Morgan fingerprint density at radius 3 is 2.41 bits per heavy atom. The smallest absolute Gasteiger partial charge is 0.331 e. The normalized spacial score (nSPS) is 17.5. The summed E-state index contributed by atoms with van der Waals surface area (Å²) >= 11 is 0. The van der Waals surface area contributed by atoms with Crippen LogP contribution >= 0.6 is 0 Å². The molecule has 32 heavy (non-hydrogen) atoms. The molecule has 5 rings (SSSR count). The van der Waals surface area contributed by atoms with Crippen molar-refractivity contribution in [1.82, 2.24) is 13.7 Å². The first-order chi connectivity index (χ1) is 15.3. The molecule has 1 aliphatic rings. The number of benzene rings is 1. The highest BCUT2D eigenvalue weighted by atomic mass is 16.5. The molecule has 8 heteroatoms. The molecule has 0 unspecified atom stereocenters. The Morgan fingerprint density at radius 2 is 1.78 bits per heavy atom. The number of fused-ring (bicyclic) bond motifs is 3. The van der Waals surface area contributed by atoms with Gasteiger partial charge in [-0.2, -0.15) is 0 Å². The fraction of sp³-hybridized carbons (Fsp3) is 0.333.